The number of aliphatic hydroxyl groups is 1. The molecule has 3 saturated heterocycles. The highest BCUT2D eigenvalue weighted by molar-refractivity contribution is 6.05. The van der Waals surface area contributed by atoms with Crippen LogP contribution in [0.15, 0.2) is 29.2 Å². The van der Waals surface area contributed by atoms with Crippen molar-refractivity contribution in [2.45, 2.75) is 76.5 Å². The van der Waals surface area contributed by atoms with Crippen molar-refractivity contribution in [1.29, 1.82) is 0 Å². The highest BCUT2D eigenvalue weighted by Crippen LogP contribution is 2.34. The largest absolute Gasteiger partial charge is 0.393 e. The number of hydrogen-bond donors (Lipinski definition) is 2. The molecule has 0 unspecified atom stereocenters. The lowest BCUT2D eigenvalue weighted by Crippen LogP contribution is -2.38. The van der Waals surface area contributed by atoms with Crippen LogP contribution in [0.4, 0.5) is 11.6 Å². The molecule has 1 aromatic carbocycles. The number of nitrogens with one attached hydrogen (secondary N) is 1. The summed E-state index contributed by atoms with van der Waals surface area (Å²) < 4.78 is 1.92. The van der Waals surface area contributed by atoms with Gasteiger partial charge >= 0.3 is 0 Å². The van der Waals surface area contributed by atoms with Crippen LogP contribution >= 0.6 is 0 Å². The summed E-state index contributed by atoms with van der Waals surface area (Å²) in [5.74, 6) is 0.575. The van der Waals surface area contributed by atoms with Crippen molar-refractivity contribution >= 4 is 33.4 Å². The third-order valence-electron chi connectivity index (χ3n) is 8.57. The molecule has 4 aliphatic rings. The Kier molecular flexibility index (Phi) is 6.56. The van der Waals surface area contributed by atoms with Crippen LogP contribution in [0.1, 0.15) is 64.3 Å². The number of unbranched alkanes of at least 4 members (excludes halogenated alkanes) is 1. The van der Waals surface area contributed by atoms with E-state index < -0.39 is 0 Å². The molecular formula is C28H38N6O2. The summed E-state index contributed by atoms with van der Waals surface area (Å²) in [6.07, 6.45) is 9.13. The summed E-state index contributed by atoms with van der Waals surface area (Å²) in [4.78, 5) is 28.7. The molecule has 1 saturated carbocycles. The van der Waals surface area contributed by atoms with Gasteiger partial charge in [-0.3, -0.25) is 9.36 Å². The second kappa shape index (κ2) is 9.98. The SMILES string of the molecule is CCCCNc1ncc2c3ccc(N4CCN5CCC4CC5)cc3c(=O)n(C3CCC(O)CC3)c2n1. The minimum absolute atomic E-state index is 0.0295. The van der Waals surface area contributed by atoms with E-state index in [-0.39, 0.29) is 17.7 Å². The molecule has 0 spiro atoms. The number of rotatable bonds is 6. The first-order valence-corrected chi connectivity index (χ1v) is 13.9. The van der Waals surface area contributed by atoms with Crippen molar-refractivity contribution in [2.75, 3.05) is 42.9 Å². The fourth-order valence-corrected chi connectivity index (χ4v) is 6.44. The van der Waals surface area contributed by atoms with Gasteiger partial charge in [0.2, 0.25) is 5.95 Å². The molecule has 0 atom stereocenters. The number of pyridine rings is 1. The van der Waals surface area contributed by atoms with Crippen LogP contribution in [-0.2, 0) is 0 Å². The monoisotopic (exact) mass is 490 g/mol. The number of aromatic nitrogens is 3. The van der Waals surface area contributed by atoms with E-state index in [0.29, 0.717) is 17.6 Å². The van der Waals surface area contributed by atoms with Gasteiger partial charge in [0.15, 0.2) is 0 Å². The Morgan fingerprint density at radius 1 is 0.972 bits per heavy atom. The second-order valence-electron chi connectivity index (χ2n) is 10.8. The third-order valence-corrected chi connectivity index (χ3v) is 8.57. The summed E-state index contributed by atoms with van der Waals surface area (Å²) >= 11 is 0. The topological polar surface area (TPSA) is 86.5 Å². The Hall–Kier alpha value is -2.71. The number of hydrogen-bond acceptors (Lipinski definition) is 7. The number of aliphatic hydroxyl groups excluding tert-OH is 1. The first-order valence-electron chi connectivity index (χ1n) is 13.9. The fourth-order valence-electron chi connectivity index (χ4n) is 6.44. The van der Waals surface area contributed by atoms with Crippen molar-refractivity contribution in [3.8, 4) is 0 Å². The molecule has 1 aliphatic carbocycles. The van der Waals surface area contributed by atoms with Gasteiger partial charge in [-0.05, 0) is 62.5 Å². The van der Waals surface area contributed by atoms with Crippen LogP contribution in [-0.4, -0.2) is 69.4 Å². The smallest absolute Gasteiger partial charge is 0.260 e. The average molecular weight is 491 g/mol. The molecule has 36 heavy (non-hydrogen) atoms. The zero-order valence-corrected chi connectivity index (χ0v) is 21.3. The maximum atomic E-state index is 14.1. The van der Waals surface area contributed by atoms with E-state index in [1.807, 2.05) is 10.8 Å². The summed E-state index contributed by atoms with van der Waals surface area (Å²) in [6, 6.07) is 6.99. The standard InChI is InChI=1S/C28H38N6O2/c1-2-3-12-29-28-30-18-25-23-9-6-21(33-16-15-32-13-10-19(33)11-14-32)17-24(23)27(36)34(26(25)31-28)20-4-7-22(35)8-5-20/h6,9,17-20,22,35H,2-5,7-8,10-16H2,1H3,(H,29,30,31). The number of piperidine rings is 1. The summed E-state index contributed by atoms with van der Waals surface area (Å²) in [5, 5.41) is 16.0. The van der Waals surface area contributed by atoms with Crippen molar-refractivity contribution in [2.24, 2.45) is 0 Å². The minimum Gasteiger partial charge on any atom is -0.393 e. The van der Waals surface area contributed by atoms with Crippen LogP contribution in [0.25, 0.3) is 21.8 Å². The lowest BCUT2D eigenvalue weighted by atomic mass is 9.92. The minimum atomic E-state index is -0.273. The van der Waals surface area contributed by atoms with Gasteiger partial charge in [0.05, 0.1) is 11.5 Å². The van der Waals surface area contributed by atoms with E-state index in [0.717, 1.165) is 80.0 Å². The number of fused-ring (bicyclic) bond motifs is 7. The Morgan fingerprint density at radius 2 is 1.78 bits per heavy atom. The van der Waals surface area contributed by atoms with Crippen molar-refractivity contribution in [3.63, 3.8) is 0 Å². The average Bonchev–Trinajstić information content (AvgIpc) is 3.24. The van der Waals surface area contributed by atoms with Gasteiger partial charge in [-0.25, -0.2) is 4.98 Å². The lowest BCUT2D eigenvalue weighted by Gasteiger charge is -2.33. The van der Waals surface area contributed by atoms with Crippen LogP contribution in [0, 0.1) is 0 Å². The quantitative estimate of drug-likeness (QED) is 0.400. The van der Waals surface area contributed by atoms with Gasteiger partial charge in [-0.1, -0.05) is 19.4 Å². The normalized spacial score (nSPS) is 26.4. The van der Waals surface area contributed by atoms with E-state index >= 15 is 0 Å². The Morgan fingerprint density at radius 3 is 2.56 bits per heavy atom. The molecule has 8 heteroatoms. The maximum absolute atomic E-state index is 14.1. The van der Waals surface area contributed by atoms with Crippen molar-refractivity contribution < 1.29 is 5.11 Å². The predicted octanol–water partition coefficient (Wildman–Crippen LogP) is 3.92. The number of nitrogens with zero attached hydrogens (tertiary/aromatic N) is 5. The lowest BCUT2D eigenvalue weighted by molar-refractivity contribution is 0.111. The molecule has 3 aromatic rings. The highest BCUT2D eigenvalue weighted by Gasteiger charge is 2.30. The molecule has 0 amide bonds. The Bertz CT molecular complexity index is 1290. The molecular weight excluding hydrogens is 452 g/mol. The third kappa shape index (κ3) is 4.34. The summed E-state index contributed by atoms with van der Waals surface area (Å²) in [6.45, 7) is 7.41. The van der Waals surface area contributed by atoms with Crippen LogP contribution in [0.3, 0.4) is 0 Å². The van der Waals surface area contributed by atoms with Gasteiger partial charge < -0.3 is 20.2 Å². The second-order valence-corrected chi connectivity index (χ2v) is 10.8. The van der Waals surface area contributed by atoms with Crippen LogP contribution < -0.4 is 15.8 Å². The molecule has 8 nitrogen and oxygen atoms in total. The summed E-state index contributed by atoms with van der Waals surface area (Å²) in [7, 11) is 0. The van der Waals surface area contributed by atoms with E-state index in [9.17, 15) is 9.90 Å². The Balaban J connectivity index is 1.48. The zero-order valence-electron chi connectivity index (χ0n) is 21.3. The van der Waals surface area contributed by atoms with Gasteiger partial charge in [-0.2, -0.15) is 4.98 Å². The van der Waals surface area contributed by atoms with Gasteiger partial charge in [-0.15, -0.1) is 0 Å². The van der Waals surface area contributed by atoms with Crippen LogP contribution in [0.5, 0.6) is 0 Å². The number of anilines is 2. The first-order chi connectivity index (χ1) is 17.6. The van der Waals surface area contributed by atoms with E-state index in [4.69, 9.17) is 4.98 Å². The molecule has 0 radical (unpaired) electrons. The number of benzene rings is 1. The molecule has 7 rings (SSSR count). The van der Waals surface area contributed by atoms with Gasteiger partial charge in [0.1, 0.15) is 5.65 Å². The molecule has 4 fully saturated rings. The molecule has 2 N–H and O–H groups in total. The first kappa shape index (κ1) is 23.7. The summed E-state index contributed by atoms with van der Waals surface area (Å²) in [5.41, 5.74) is 1.88. The fraction of sp³-hybridized carbons (Fsp3) is 0.607. The van der Waals surface area contributed by atoms with E-state index in [1.165, 1.54) is 25.9 Å². The van der Waals surface area contributed by atoms with Crippen molar-refractivity contribution in [1.82, 2.24) is 19.4 Å². The predicted molar refractivity (Wildman–Crippen MR) is 145 cm³/mol. The van der Waals surface area contributed by atoms with Gasteiger partial charge in [0.25, 0.3) is 5.56 Å². The van der Waals surface area contributed by atoms with Crippen molar-refractivity contribution in [3.05, 3.63) is 34.7 Å². The van der Waals surface area contributed by atoms with Gasteiger partial charge in [0, 0.05) is 62.1 Å². The maximum Gasteiger partial charge on any atom is 0.260 e. The molecule has 2 bridgehead atoms. The molecule has 192 valence electrons. The zero-order chi connectivity index (χ0) is 24.6. The highest BCUT2D eigenvalue weighted by atomic mass is 16.3. The molecule has 3 aliphatic heterocycles. The van der Waals surface area contributed by atoms with E-state index in [2.05, 4.69) is 45.2 Å². The molecule has 5 heterocycles. The van der Waals surface area contributed by atoms with Crippen LogP contribution in [0.2, 0.25) is 0 Å². The Labute approximate surface area is 212 Å². The molecule has 2 aromatic heterocycles. The van der Waals surface area contributed by atoms with E-state index in [1.54, 1.807) is 0 Å².